The number of carbonyl (C=O) groups is 1. The molecule has 1 saturated heterocycles. The van der Waals surface area contributed by atoms with E-state index in [2.05, 4.69) is 15.5 Å². The average Bonchev–Trinajstić information content (AvgIpc) is 3.09. The third-order valence-corrected chi connectivity index (χ3v) is 4.27. The number of likely N-dealkylation sites (tertiary alicyclic amines) is 1. The molecule has 7 heteroatoms. The number of hydrogen-bond donors (Lipinski definition) is 1. The molecule has 1 amide bonds. The summed E-state index contributed by atoms with van der Waals surface area (Å²) < 4.78 is 10.7. The van der Waals surface area contributed by atoms with E-state index in [0.29, 0.717) is 50.5 Å². The van der Waals surface area contributed by atoms with Crippen molar-refractivity contribution in [2.45, 2.75) is 38.8 Å². The molecule has 0 radical (unpaired) electrons. The predicted octanol–water partition coefficient (Wildman–Crippen LogP) is 2.37. The minimum atomic E-state index is -0.219. The SMILES string of the molecule is CCOC(=O)N1CCC(NCc2nnc(Cc3ccccc3)o2)CC1. The smallest absolute Gasteiger partial charge is 0.409 e. The lowest BCUT2D eigenvalue weighted by Gasteiger charge is -2.31. The van der Waals surface area contributed by atoms with Gasteiger partial charge in [-0.25, -0.2) is 4.79 Å². The molecule has 1 aliphatic heterocycles. The zero-order valence-electron chi connectivity index (χ0n) is 14.5. The van der Waals surface area contributed by atoms with Gasteiger partial charge in [0.15, 0.2) is 0 Å². The first-order chi connectivity index (χ1) is 12.2. The third kappa shape index (κ3) is 5.03. The molecule has 0 atom stereocenters. The zero-order valence-corrected chi connectivity index (χ0v) is 14.5. The van der Waals surface area contributed by atoms with Crippen molar-refractivity contribution in [3.05, 3.63) is 47.7 Å². The summed E-state index contributed by atoms with van der Waals surface area (Å²) in [5.74, 6) is 1.22. The number of carbonyl (C=O) groups excluding carboxylic acids is 1. The number of benzene rings is 1. The quantitative estimate of drug-likeness (QED) is 0.866. The summed E-state index contributed by atoms with van der Waals surface area (Å²) in [6, 6.07) is 10.4. The van der Waals surface area contributed by atoms with Crippen molar-refractivity contribution < 1.29 is 13.9 Å². The molecule has 0 unspecified atom stereocenters. The zero-order chi connectivity index (χ0) is 17.5. The van der Waals surface area contributed by atoms with E-state index in [9.17, 15) is 4.79 Å². The lowest BCUT2D eigenvalue weighted by Crippen LogP contribution is -2.44. The van der Waals surface area contributed by atoms with E-state index in [0.717, 1.165) is 18.4 Å². The highest BCUT2D eigenvalue weighted by Crippen LogP contribution is 2.13. The van der Waals surface area contributed by atoms with Crippen molar-refractivity contribution in [2.75, 3.05) is 19.7 Å². The van der Waals surface area contributed by atoms with Gasteiger partial charge in [-0.3, -0.25) is 0 Å². The lowest BCUT2D eigenvalue weighted by molar-refractivity contribution is 0.0948. The van der Waals surface area contributed by atoms with E-state index in [1.807, 2.05) is 37.3 Å². The van der Waals surface area contributed by atoms with Gasteiger partial charge in [0.05, 0.1) is 19.6 Å². The van der Waals surface area contributed by atoms with Crippen molar-refractivity contribution in [1.82, 2.24) is 20.4 Å². The minimum Gasteiger partial charge on any atom is -0.450 e. The van der Waals surface area contributed by atoms with Crippen molar-refractivity contribution in [3.8, 4) is 0 Å². The van der Waals surface area contributed by atoms with Crippen LogP contribution >= 0.6 is 0 Å². The molecule has 1 aliphatic rings. The minimum absolute atomic E-state index is 0.219. The third-order valence-electron chi connectivity index (χ3n) is 4.27. The van der Waals surface area contributed by atoms with Crippen LogP contribution < -0.4 is 5.32 Å². The number of hydrogen-bond acceptors (Lipinski definition) is 6. The Hall–Kier alpha value is -2.41. The number of piperidine rings is 1. The number of nitrogens with one attached hydrogen (secondary N) is 1. The molecule has 7 nitrogen and oxygen atoms in total. The van der Waals surface area contributed by atoms with Crippen LogP contribution in [-0.4, -0.2) is 46.9 Å². The van der Waals surface area contributed by atoms with E-state index >= 15 is 0 Å². The molecule has 0 spiro atoms. The lowest BCUT2D eigenvalue weighted by atomic mass is 10.1. The monoisotopic (exact) mass is 344 g/mol. The van der Waals surface area contributed by atoms with Gasteiger partial charge in [-0.2, -0.15) is 0 Å². The van der Waals surface area contributed by atoms with Gasteiger partial charge in [-0.15, -0.1) is 10.2 Å². The second-order valence-corrected chi connectivity index (χ2v) is 6.09. The summed E-state index contributed by atoms with van der Waals surface area (Å²) in [7, 11) is 0. The molecule has 1 aromatic heterocycles. The Morgan fingerprint density at radius 3 is 2.68 bits per heavy atom. The molecular formula is C18H24N4O3. The van der Waals surface area contributed by atoms with Crippen LogP contribution in [0.5, 0.6) is 0 Å². The summed E-state index contributed by atoms with van der Waals surface area (Å²) in [5.41, 5.74) is 1.15. The maximum atomic E-state index is 11.7. The van der Waals surface area contributed by atoms with Gasteiger partial charge >= 0.3 is 6.09 Å². The first kappa shape index (κ1) is 17.4. The molecule has 1 fully saturated rings. The molecule has 134 valence electrons. The fourth-order valence-electron chi connectivity index (χ4n) is 2.91. The van der Waals surface area contributed by atoms with Gasteiger partial charge in [0.25, 0.3) is 0 Å². The molecule has 0 bridgehead atoms. The van der Waals surface area contributed by atoms with Crippen LogP contribution in [0.1, 0.15) is 37.1 Å². The number of nitrogens with zero attached hydrogens (tertiary/aromatic N) is 3. The Morgan fingerprint density at radius 2 is 1.96 bits per heavy atom. The fourth-order valence-corrected chi connectivity index (χ4v) is 2.91. The van der Waals surface area contributed by atoms with Crippen molar-refractivity contribution in [1.29, 1.82) is 0 Å². The first-order valence-electron chi connectivity index (χ1n) is 8.75. The van der Waals surface area contributed by atoms with Crippen LogP contribution in [0.4, 0.5) is 4.79 Å². The van der Waals surface area contributed by atoms with Crippen LogP contribution in [0.3, 0.4) is 0 Å². The molecule has 2 aromatic rings. The van der Waals surface area contributed by atoms with Crippen molar-refractivity contribution in [2.24, 2.45) is 0 Å². The molecule has 2 heterocycles. The largest absolute Gasteiger partial charge is 0.450 e. The Balaban J connectivity index is 1.42. The van der Waals surface area contributed by atoms with Gasteiger partial charge < -0.3 is 19.4 Å². The summed E-state index contributed by atoms with van der Waals surface area (Å²) in [5, 5.41) is 11.6. The van der Waals surface area contributed by atoms with Crippen molar-refractivity contribution >= 4 is 6.09 Å². The molecular weight excluding hydrogens is 320 g/mol. The van der Waals surface area contributed by atoms with E-state index < -0.39 is 0 Å². The summed E-state index contributed by atoms with van der Waals surface area (Å²) in [6.45, 7) is 4.20. The van der Waals surface area contributed by atoms with Gasteiger partial charge in [0, 0.05) is 19.1 Å². The number of rotatable bonds is 6. The molecule has 1 aromatic carbocycles. The topological polar surface area (TPSA) is 80.5 Å². The maximum Gasteiger partial charge on any atom is 0.409 e. The number of aromatic nitrogens is 2. The highest BCUT2D eigenvalue weighted by atomic mass is 16.6. The molecule has 0 saturated carbocycles. The normalized spacial score (nSPS) is 15.3. The fraction of sp³-hybridized carbons (Fsp3) is 0.500. The highest BCUT2D eigenvalue weighted by molar-refractivity contribution is 5.67. The van der Waals surface area contributed by atoms with Crippen LogP contribution in [0.2, 0.25) is 0 Å². The average molecular weight is 344 g/mol. The predicted molar refractivity (Wildman–Crippen MR) is 92.0 cm³/mol. The Labute approximate surface area is 147 Å². The maximum absolute atomic E-state index is 11.7. The summed E-state index contributed by atoms with van der Waals surface area (Å²) in [6.07, 6.45) is 2.21. The second kappa shape index (κ2) is 8.62. The van der Waals surface area contributed by atoms with Crippen LogP contribution in [0.15, 0.2) is 34.7 Å². The Morgan fingerprint density at radius 1 is 1.24 bits per heavy atom. The van der Waals surface area contributed by atoms with Crippen LogP contribution in [0, 0.1) is 0 Å². The van der Waals surface area contributed by atoms with E-state index in [4.69, 9.17) is 9.15 Å². The molecule has 3 rings (SSSR count). The van der Waals surface area contributed by atoms with E-state index in [-0.39, 0.29) is 6.09 Å². The highest BCUT2D eigenvalue weighted by Gasteiger charge is 2.23. The Bertz CT molecular complexity index is 666. The number of amides is 1. The van der Waals surface area contributed by atoms with Gasteiger partial charge in [-0.1, -0.05) is 30.3 Å². The van der Waals surface area contributed by atoms with E-state index in [1.165, 1.54) is 0 Å². The van der Waals surface area contributed by atoms with Crippen molar-refractivity contribution in [3.63, 3.8) is 0 Å². The second-order valence-electron chi connectivity index (χ2n) is 6.09. The van der Waals surface area contributed by atoms with Gasteiger partial charge in [0.2, 0.25) is 11.8 Å². The number of ether oxygens (including phenoxy) is 1. The molecule has 25 heavy (non-hydrogen) atoms. The molecule has 1 N–H and O–H groups in total. The summed E-state index contributed by atoms with van der Waals surface area (Å²) >= 11 is 0. The molecule has 0 aliphatic carbocycles. The van der Waals surface area contributed by atoms with Gasteiger partial charge in [-0.05, 0) is 25.3 Å². The first-order valence-corrected chi connectivity index (χ1v) is 8.75. The van der Waals surface area contributed by atoms with Gasteiger partial charge in [0.1, 0.15) is 0 Å². The van der Waals surface area contributed by atoms with Crippen LogP contribution in [0.25, 0.3) is 0 Å². The van der Waals surface area contributed by atoms with Crippen LogP contribution in [-0.2, 0) is 17.7 Å². The van der Waals surface area contributed by atoms with E-state index in [1.54, 1.807) is 4.90 Å². The standard InChI is InChI=1S/C18H24N4O3/c1-2-24-18(23)22-10-8-15(9-11-22)19-13-17-21-20-16(25-17)12-14-6-4-3-5-7-14/h3-7,15,19H,2,8-13H2,1H3. The Kier molecular flexibility index (Phi) is 6.00. The summed E-state index contributed by atoms with van der Waals surface area (Å²) in [4.78, 5) is 13.4.